The maximum absolute atomic E-state index is 9.20. The Bertz CT molecular complexity index is 334. The summed E-state index contributed by atoms with van der Waals surface area (Å²) < 4.78 is 5.28. The van der Waals surface area contributed by atoms with E-state index in [0.717, 1.165) is 5.82 Å². The molecule has 2 heterocycles. The van der Waals surface area contributed by atoms with Gasteiger partial charge in [0.1, 0.15) is 5.82 Å². The molecule has 6 nitrogen and oxygen atoms in total. The molecule has 3 N–H and O–H groups in total. The molecule has 1 atom stereocenters. The first-order valence-electron chi connectivity index (χ1n) is 4.85. The molecule has 1 saturated heterocycles. The van der Waals surface area contributed by atoms with E-state index >= 15 is 0 Å². The van der Waals surface area contributed by atoms with Crippen molar-refractivity contribution in [3.63, 3.8) is 0 Å². The van der Waals surface area contributed by atoms with Gasteiger partial charge in [-0.15, -0.1) is 0 Å². The number of nitrogens with zero attached hydrogens (tertiary/aromatic N) is 3. The van der Waals surface area contributed by atoms with Crippen LogP contribution >= 0.6 is 0 Å². The fourth-order valence-corrected chi connectivity index (χ4v) is 1.63. The summed E-state index contributed by atoms with van der Waals surface area (Å²) in [6, 6.07) is 1.73. The zero-order valence-electron chi connectivity index (χ0n) is 8.33. The molecule has 0 radical (unpaired) electrons. The molecule has 0 aromatic carbocycles. The number of rotatable bonds is 2. The van der Waals surface area contributed by atoms with Crippen molar-refractivity contribution in [2.75, 3.05) is 37.0 Å². The zero-order valence-corrected chi connectivity index (χ0v) is 8.33. The molecule has 0 bridgehead atoms. The number of hydrogen-bond donors (Lipinski definition) is 2. The van der Waals surface area contributed by atoms with Gasteiger partial charge in [-0.3, -0.25) is 0 Å². The van der Waals surface area contributed by atoms with Crippen LogP contribution in [-0.2, 0) is 4.74 Å². The standard InChI is InChI=1S/C9H14N4O2/c10-9-11-2-1-8(12-9)13-3-4-15-6-7(13)5-14/h1-2,7,14H,3-6H2,(H2,10,11,12). The molecule has 0 spiro atoms. The van der Waals surface area contributed by atoms with E-state index in [1.54, 1.807) is 12.3 Å². The van der Waals surface area contributed by atoms with E-state index in [0.29, 0.717) is 19.8 Å². The average Bonchev–Trinajstić information content (AvgIpc) is 2.29. The second-order valence-electron chi connectivity index (χ2n) is 3.38. The number of aliphatic hydroxyl groups excluding tert-OH is 1. The first kappa shape index (κ1) is 10.1. The van der Waals surface area contributed by atoms with Gasteiger partial charge in [-0.05, 0) is 6.07 Å². The van der Waals surface area contributed by atoms with Crippen LogP contribution < -0.4 is 10.6 Å². The van der Waals surface area contributed by atoms with Gasteiger partial charge in [-0.25, -0.2) is 4.98 Å². The van der Waals surface area contributed by atoms with Crippen LogP contribution in [0.3, 0.4) is 0 Å². The van der Waals surface area contributed by atoms with Crippen LogP contribution in [0, 0.1) is 0 Å². The second-order valence-corrected chi connectivity index (χ2v) is 3.38. The highest BCUT2D eigenvalue weighted by Gasteiger charge is 2.23. The van der Waals surface area contributed by atoms with Crippen molar-refractivity contribution in [1.82, 2.24) is 9.97 Å². The number of nitrogens with two attached hydrogens (primary N) is 1. The maximum atomic E-state index is 9.20. The summed E-state index contributed by atoms with van der Waals surface area (Å²) in [5, 5.41) is 9.20. The molecule has 0 aliphatic carbocycles. The molecule has 1 aliphatic rings. The van der Waals surface area contributed by atoms with Gasteiger partial charge in [0.2, 0.25) is 5.95 Å². The van der Waals surface area contributed by atoms with Gasteiger partial charge in [-0.1, -0.05) is 0 Å². The third kappa shape index (κ3) is 2.16. The Kier molecular flexibility index (Phi) is 2.98. The lowest BCUT2D eigenvalue weighted by atomic mass is 10.2. The fraction of sp³-hybridized carbons (Fsp3) is 0.556. The lowest BCUT2D eigenvalue weighted by molar-refractivity contribution is 0.0723. The molecule has 1 aliphatic heterocycles. The van der Waals surface area contributed by atoms with Crippen molar-refractivity contribution in [2.45, 2.75) is 6.04 Å². The monoisotopic (exact) mass is 210 g/mol. The van der Waals surface area contributed by atoms with Gasteiger partial charge in [-0.2, -0.15) is 4.98 Å². The Morgan fingerprint density at radius 2 is 2.53 bits per heavy atom. The van der Waals surface area contributed by atoms with Gasteiger partial charge in [0.15, 0.2) is 0 Å². The molecule has 1 aromatic rings. The molecule has 1 fully saturated rings. The Labute approximate surface area is 87.7 Å². The number of anilines is 2. The third-order valence-electron chi connectivity index (χ3n) is 2.39. The highest BCUT2D eigenvalue weighted by Crippen LogP contribution is 2.16. The number of hydrogen-bond acceptors (Lipinski definition) is 6. The number of ether oxygens (including phenoxy) is 1. The van der Waals surface area contributed by atoms with Gasteiger partial charge in [0, 0.05) is 12.7 Å². The van der Waals surface area contributed by atoms with Crippen LogP contribution in [0.5, 0.6) is 0 Å². The van der Waals surface area contributed by atoms with Crippen LogP contribution in [-0.4, -0.2) is 47.5 Å². The summed E-state index contributed by atoms with van der Waals surface area (Å²) in [6.45, 7) is 1.91. The lowest BCUT2D eigenvalue weighted by Gasteiger charge is -2.35. The molecular weight excluding hydrogens is 196 g/mol. The minimum absolute atomic E-state index is 0.0455. The summed E-state index contributed by atoms with van der Waals surface area (Å²) in [7, 11) is 0. The van der Waals surface area contributed by atoms with Crippen LogP contribution in [0.15, 0.2) is 12.3 Å². The van der Waals surface area contributed by atoms with E-state index < -0.39 is 0 Å². The molecule has 6 heteroatoms. The first-order valence-corrected chi connectivity index (χ1v) is 4.85. The average molecular weight is 210 g/mol. The van der Waals surface area contributed by atoms with Gasteiger partial charge in [0.25, 0.3) is 0 Å². The minimum Gasteiger partial charge on any atom is -0.394 e. The van der Waals surface area contributed by atoms with Crippen LogP contribution in [0.25, 0.3) is 0 Å². The highest BCUT2D eigenvalue weighted by molar-refractivity contribution is 5.42. The fourth-order valence-electron chi connectivity index (χ4n) is 1.63. The van der Waals surface area contributed by atoms with Crippen molar-refractivity contribution in [3.8, 4) is 0 Å². The number of aromatic nitrogens is 2. The van der Waals surface area contributed by atoms with Gasteiger partial charge in [0.05, 0.1) is 25.9 Å². The van der Waals surface area contributed by atoms with Gasteiger partial charge < -0.3 is 20.5 Å². The van der Waals surface area contributed by atoms with E-state index in [1.165, 1.54) is 0 Å². The van der Waals surface area contributed by atoms with E-state index in [4.69, 9.17) is 10.5 Å². The Balaban J connectivity index is 2.20. The van der Waals surface area contributed by atoms with Crippen molar-refractivity contribution >= 4 is 11.8 Å². The molecule has 0 saturated carbocycles. The van der Waals surface area contributed by atoms with Crippen LogP contribution in [0.4, 0.5) is 11.8 Å². The topological polar surface area (TPSA) is 84.5 Å². The largest absolute Gasteiger partial charge is 0.394 e. The summed E-state index contributed by atoms with van der Waals surface area (Å²) in [4.78, 5) is 9.94. The van der Waals surface area contributed by atoms with Crippen molar-refractivity contribution in [1.29, 1.82) is 0 Å². The smallest absolute Gasteiger partial charge is 0.221 e. The Morgan fingerprint density at radius 1 is 1.67 bits per heavy atom. The Morgan fingerprint density at radius 3 is 3.27 bits per heavy atom. The molecule has 2 rings (SSSR count). The highest BCUT2D eigenvalue weighted by atomic mass is 16.5. The first-order chi connectivity index (χ1) is 7.31. The lowest BCUT2D eigenvalue weighted by Crippen LogP contribution is -2.48. The Hall–Kier alpha value is -1.40. The molecule has 82 valence electrons. The maximum Gasteiger partial charge on any atom is 0.221 e. The molecule has 15 heavy (non-hydrogen) atoms. The SMILES string of the molecule is Nc1nccc(N2CCOCC2CO)n1. The van der Waals surface area contributed by atoms with Crippen LogP contribution in [0.2, 0.25) is 0 Å². The zero-order chi connectivity index (χ0) is 10.7. The number of aliphatic hydroxyl groups is 1. The quantitative estimate of drug-likeness (QED) is 0.668. The van der Waals surface area contributed by atoms with Crippen molar-refractivity contribution in [3.05, 3.63) is 12.3 Å². The summed E-state index contributed by atoms with van der Waals surface area (Å²) in [5.74, 6) is 0.987. The number of nitrogen functional groups attached to an aromatic ring is 1. The van der Waals surface area contributed by atoms with E-state index in [2.05, 4.69) is 9.97 Å². The summed E-state index contributed by atoms with van der Waals surface area (Å²) in [6.07, 6.45) is 1.61. The van der Waals surface area contributed by atoms with E-state index in [1.807, 2.05) is 4.90 Å². The summed E-state index contributed by atoms with van der Waals surface area (Å²) in [5.41, 5.74) is 5.51. The normalized spacial score (nSPS) is 21.7. The minimum atomic E-state index is -0.0481. The van der Waals surface area contributed by atoms with Gasteiger partial charge >= 0.3 is 0 Å². The van der Waals surface area contributed by atoms with Crippen molar-refractivity contribution in [2.24, 2.45) is 0 Å². The predicted octanol–water partition coefficient (Wildman–Crippen LogP) is -0.744. The predicted molar refractivity (Wildman–Crippen MR) is 55.5 cm³/mol. The van der Waals surface area contributed by atoms with Crippen molar-refractivity contribution < 1.29 is 9.84 Å². The molecular formula is C9H14N4O2. The van der Waals surface area contributed by atoms with E-state index in [9.17, 15) is 5.11 Å². The molecule has 1 aromatic heterocycles. The molecule has 1 unspecified atom stereocenters. The number of morpholine rings is 1. The van der Waals surface area contributed by atoms with E-state index in [-0.39, 0.29) is 18.6 Å². The molecule has 0 amide bonds. The van der Waals surface area contributed by atoms with Crippen LogP contribution in [0.1, 0.15) is 0 Å². The second kappa shape index (κ2) is 4.41. The summed E-state index contributed by atoms with van der Waals surface area (Å²) >= 11 is 0. The third-order valence-corrected chi connectivity index (χ3v) is 2.39.